The number of amides is 2. The molecule has 3 aliphatic rings. The molecular formula is C28H28F4N4O5S. The van der Waals surface area contributed by atoms with Crippen molar-refractivity contribution in [1.82, 2.24) is 15.8 Å². The Morgan fingerprint density at radius 3 is 2.62 bits per heavy atom. The topological polar surface area (TPSA) is 120 Å². The Hall–Kier alpha value is -3.78. The minimum Gasteiger partial charge on any atom is -0.496 e. The maximum atomic E-state index is 14.9. The molecule has 42 heavy (non-hydrogen) atoms. The fourth-order valence-corrected chi connectivity index (χ4v) is 6.64. The van der Waals surface area contributed by atoms with Crippen LogP contribution < -0.4 is 20.8 Å². The fraction of sp³-hybridized carbons (Fsp3) is 0.393. The Balaban J connectivity index is 1.32. The fourth-order valence-electron chi connectivity index (χ4n) is 6.04. The van der Waals surface area contributed by atoms with Crippen LogP contribution in [0.5, 0.6) is 5.75 Å². The number of nitrogens with one attached hydrogen (secondary N) is 3. The van der Waals surface area contributed by atoms with Gasteiger partial charge in [-0.3, -0.25) is 14.4 Å². The van der Waals surface area contributed by atoms with Gasteiger partial charge >= 0.3 is 11.5 Å². The maximum Gasteiger partial charge on any atom is 0.446 e. The molecule has 14 heteroatoms. The van der Waals surface area contributed by atoms with Gasteiger partial charge in [-0.25, -0.2) is 9.82 Å². The van der Waals surface area contributed by atoms with Gasteiger partial charge in [0, 0.05) is 34.5 Å². The van der Waals surface area contributed by atoms with Gasteiger partial charge in [0.15, 0.2) is 0 Å². The molecule has 2 saturated carbocycles. The first kappa shape index (κ1) is 29.7. The molecule has 5 rings (SSSR count). The van der Waals surface area contributed by atoms with Gasteiger partial charge in [-0.2, -0.15) is 13.2 Å². The van der Waals surface area contributed by atoms with Crippen molar-refractivity contribution < 1.29 is 41.8 Å². The molecule has 5 unspecified atom stereocenters. The van der Waals surface area contributed by atoms with Crippen LogP contribution in [0, 0.1) is 23.6 Å². The Morgan fingerprint density at radius 2 is 1.93 bits per heavy atom. The molecule has 2 aromatic rings. The van der Waals surface area contributed by atoms with E-state index in [-0.39, 0.29) is 57.6 Å². The van der Waals surface area contributed by atoms with Crippen molar-refractivity contribution >= 4 is 35.2 Å². The molecule has 5 atom stereocenters. The van der Waals surface area contributed by atoms with Crippen molar-refractivity contribution in [1.29, 1.82) is 0 Å². The van der Waals surface area contributed by atoms with Gasteiger partial charge in [0.05, 0.1) is 25.1 Å². The number of hydrogen-bond donors (Lipinski definition) is 4. The number of carbonyl (C=O) groups excluding carboxylic acids is 2. The number of nitrogens with zero attached hydrogens (tertiary/aromatic N) is 1. The predicted octanol–water partition coefficient (Wildman–Crippen LogP) is 4.52. The van der Waals surface area contributed by atoms with Crippen molar-refractivity contribution in [2.24, 2.45) is 17.8 Å². The molecule has 224 valence electrons. The average Bonchev–Trinajstić information content (AvgIpc) is 3.66. The zero-order chi connectivity index (χ0) is 30.2. The van der Waals surface area contributed by atoms with Crippen molar-refractivity contribution in [3.05, 3.63) is 65.6 Å². The van der Waals surface area contributed by atoms with Gasteiger partial charge < -0.3 is 25.5 Å². The van der Waals surface area contributed by atoms with Crippen LogP contribution in [0.2, 0.25) is 0 Å². The molecule has 2 aliphatic carbocycles. The molecule has 1 aliphatic heterocycles. The number of hydrogen-bond acceptors (Lipinski definition) is 7. The summed E-state index contributed by atoms with van der Waals surface area (Å²) < 4.78 is 58.6. The monoisotopic (exact) mass is 608 g/mol. The standard InChI is InChI=1S/C28H28F4N4O5S/c1-41-22-12-20(29)16(13-36-8-7-21(35-36)27(39)40)10-19(22)25(37)34-24-15-6-5-14(9-15)23(24)26(38)33-17-3-2-4-18(11-17)42-28(30,31)32/h2-4,7-8,10-12,14-15,21,23-24,35H,5-6,9,13H2,1H3,(H,33,38)(H,34,37)(H,39,40). The quantitative estimate of drug-likeness (QED) is 0.243. The molecule has 9 nitrogen and oxygen atoms in total. The lowest BCUT2D eigenvalue weighted by Crippen LogP contribution is -2.48. The van der Waals surface area contributed by atoms with E-state index in [4.69, 9.17) is 9.84 Å². The highest BCUT2D eigenvalue weighted by Crippen LogP contribution is 2.49. The molecule has 2 fully saturated rings. The molecular weight excluding hydrogens is 580 g/mol. The number of carboxylic acid groups (broad SMARTS) is 1. The molecule has 0 saturated heterocycles. The molecule has 0 radical (unpaired) electrons. The first-order valence-corrected chi connectivity index (χ1v) is 14.0. The third kappa shape index (κ3) is 6.49. The number of anilines is 1. The lowest BCUT2D eigenvalue weighted by atomic mass is 9.83. The van der Waals surface area contributed by atoms with Gasteiger partial charge in [-0.1, -0.05) is 6.07 Å². The van der Waals surface area contributed by atoms with Gasteiger partial charge in [0.2, 0.25) is 5.91 Å². The number of ether oxygens (including phenoxy) is 1. The van der Waals surface area contributed by atoms with E-state index in [1.54, 1.807) is 0 Å². The van der Waals surface area contributed by atoms with Crippen LogP contribution in [-0.4, -0.2) is 52.6 Å². The summed E-state index contributed by atoms with van der Waals surface area (Å²) in [7, 11) is 1.30. The summed E-state index contributed by atoms with van der Waals surface area (Å²) in [6.07, 6.45) is 5.19. The Kier molecular flexibility index (Phi) is 8.37. The van der Waals surface area contributed by atoms with E-state index >= 15 is 0 Å². The number of alkyl halides is 3. The van der Waals surface area contributed by atoms with Gasteiger partial charge in [0.25, 0.3) is 5.91 Å². The van der Waals surface area contributed by atoms with E-state index in [0.29, 0.717) is 0 Å². The number of aliphatic carboxylic acids is 1. The van der Waals surface area contributed by atoms with Crippen LogP contribution >= 0.6 is 11.8 Å². The number of hydrazine groups is 1. The van der Waals surface area contributed by atoms with Crippen molar-refractivity contribution in [2.45, 2.75) is 48.3 Å². The van der Waals surface area contributed by atoms with E-state index < -0.39 is 47.1 Å². The summed E-state index contributed by atoms with van der Waals surface area (Å²) in [5.41, 5.74) is -1.39. The molecule has 2 aromatic carbocycles. The molecule has 4 N–H and O–H groups in total. The lowest BCUT2D eigenvalue weighted by molar-refractivity contribution is -0.138. The SMILES string of the molecule is COc1cc(F)c(CN2C=CC(C(=O)O)N2)cc1C(=O)NC1C2CCC(C2)C1C(=O)Nc1cccc(SC(F)(F)F)c1. The normalized spacial score (nSPS) is 24.6. The van der Waals surface area contributed by atoms with Crippen LogP contribution in [0.1, 0.15) is 35.2 Å². The number of carbonyl (C=O) groups is 3. The number of fused-ring (bicyclic) bond motifs is 2. The number of thioether (sulfide) groups is 1. The molecule has 1 heterocycles. The van der Waals surface area contributed by atoms with Crippen molar-refractivity contribution in [3.63, 3.8) is 0 Å². The Bertz CT molecular complexity index is 1420. The van der Waals surface area contributed by atoms with E-state index in [0.717, 1.165) is 25.3 Å². The first-order chi connectivity index (χ1) is 19.9. The van der Waals surface area contributed by atoms with Gasteiger partial charge in [-0.15, -0.1) is 0 Å². The van der Waals surface area contributed by atoms with Crippen LogP contribution in [0.25, 0.3) is 0 Å². The minimum atomic E-state index is -4.47. The number of carboxylic acids is 1. The highest BCUT2D eigenvalue weighted by atomic mass is 32.2. The van der Waals surface area contributed by atoms with E-state index in [2.05, 4.69) is 16.1 Å². The molecule has 0 aromatic heterocycles. The highest BCUT2D eigenvalue weighted by molar-refractivity contribution is 8.00. The average molecular weight is 609 g/mol. The van der Waals surface area contributed by atoms with E-state index in [9.17, 15) is 31.9 Å². The second-order valence-corrected chi connectivity index (χ2v) is 11.6. The Labute approximate surface area is 242 Å². The van der Waals surface area contributed by atoms with Crippen LogP contribution in [-0.2, 0) is 16.1 Å². The van der Waals surface area contributed by atoms with Crippen molar-refractivity contribution in [2.75, 3.05) is 12.4 Å². The van der Waals surface area contributed by atoms with Crippen LogP contribution in [0.4, 0.5) is 23.2 Å². The summed E-state index contributed by atoms with van der Waals surface area (Å²) in [5.74, 6) is -3.31. The van der Waals surface area contributed by atoms with Crippen LogP contribution in [0.3, 0.4) is 0 Å². The van der Waals surface area contributed by atoms with Gasteiger partial charge in [0.1, 0.15) is 17.6 Å². The second-order valence-electron chi connectivity index (χ2n) is 10.5. The number of halogens is 4. The zero-order valence-corrected chi connectivity index (χ0v) is 23.1. The Morgan fingerprint density at radius 1 is 1.17 bits per heavy atom. The second kappa shape index (κ2) is 11.8. The highest BCUT2D eigenvalue weighted by Gasteiger charge is 2.51. The lowest BCUT2D eigenvalue weighted by Gasteiger charge is -2.31. The summed E-state index contributed by atoms with van der Waals surface area (Å²) >= 11 is -0.274. The largest absolute Gasteiger partial charge is 0.496 e. The third-order valence-electron chi connectivity index (χ3n) is 7.84. The van der Waals surface area contributed by atoms with Crippen LogP contribution in [0.15, 0.2) is 53.6 Å². The number of methoxy groups -OCH3 is 1. The molecule has 0 spiro atoms. The molecule has 2 bridgehead atoms. The number of benzene rings is 2. The summed E-state index contributed by atoms with van der Waals surface area (Å²) in [6, 6.07) is 6.41. The minimum absolute atomic E-state index is 0.00563. The summed E-state index contributed by atoms with van der Waals surface area (Å²) in [6.45, 7) is -0.0682. The molecule has 2 amide bonds. The predicted molar refractivity (Wildman–Crippen MR) is 145 cm³/mol. The maximum absolute atomic E-state index is 14.9. The first-order valence-electron chi connectivity index (χ1n) is 13.2. The van der Waals surface area contributed by atoms with E-state index in [1.165, 1.54) is 54.7 Å². The third-order valence-corrected chi connectivity index (χ3v) is 8.56. The summed E-state index contributed by atoms with van der Waals surface area (Å²) in [5, 5.41) is 16.2. The number of rotatable bonds is 9. The van der Waals surface area contributed by atoms with Crippen molar-refractivity contribution in [3.8, 4) is 5.75 Å². The smallest absolute Gasteiger partial charge is 0.446 e. The van der Waals surface area contributed by atoms with E-state index in [1.807, 2.05) is 0 Å². The summed E-state index contributed by atoms with van der Waals surface area (Å²) in [4.78, 5) is 38.1. The van der Waals surface area contributed by atoms with Gasteiger partial charge in [-0.05, 0) is 73.2 Å². The zero-order valence-electron chi connectivity index (χ0n) is 22.3.